The molecular formula is C13H22N2O2. The maximum absolute atomic E-state index is 12.6. The molecule has 4 heteroatoms. The molecule has 1 heterocycles. The van der Waals surface area contributed by atoms with Crippen LogP contribution in [0.4, 0.5) is 0 Å². The highest BCUT2D eigenvalue weighted by Gasteiger charge is 2.44. The van der Waals surface area contributed by atoms with Crippen LogP contribution in [-0.4, -0.2) is 35.3 Å². The molecule has 1 aliphatic heterocycles. The zero-order chi connectivity index (χ0) is 12.3. The molecule has 1 N–H and O–H groups in total. The Labute approximate surface area is 103 Å². The van der Waals surface area contributed by atoms with Crippen molar-refractivity contribution in [3.05, 3.63) is 0 Å². The molecule has 0 aromatic rings. The minimum Gasteiger partial charge on any atom is -0.342 e. The second kappa shape index (κ2) is 5.07. The van der Waals surface area contributed by atoms with Gasteiger partial charge in [-0.2, -0.15) is 0 Å². The Bertz CT molecular complexity index is 309. The average Bonchev–Trinajstić information content (AvgIpc) is 2.43. The van der Waals surface area contributed by atoms with Gasteiger partial charge in [-0.05, 0) is 19.3 Å². The highest BCUT2D eigenvalue weighted by molar-refractivity contribution is 5.93. The maximum atomic E-state index is 12.6. The third-order valence-electron chi connectivity index (χ3n) is 3.88. The van der Waals surface area contributed by atoms with Crippen LogP contribution in [0, 0.1) is 0 Å². The van der Waals surface area contributed by atoms with Crippen molar-refractivity contribution in [3.63, 3.8) is 0 Å². The highest BCUT2D eigenvalue weighted by atomic mass is 16.2. The van der Waals surface area contributed by atoms with Crippen LogP contribution in [0.25, 0.3) is 0 Å². The van der Waals surface area contributed by atoms with Crippen molar-refractivity contribution in [1.82, 2.24) is 10.2 Å². The average molecular weight is 238 g/mol. The van der Waals surface area contributed by atoms with E-state index in [0.717, 1.165) is 38.6 Å². The molecule has 0 aromatic carbocycles. The van der Waals surface area contributed by atoms with E-state index < -0.39 is 5.54 Å². The van der Waals surface area contributed by atoms with Crippen molar-refractivity contribution in [2.24, 2.45) is 0 Å². The lowest BCUT2D eigenvalue weighted by Gasteiger charge is -2.38. The summed E-state index contributed by atoms with van der Waals surface area (Å²) in [6, 6.07) is 0. The van der Waals surface area contributed by atoms with Crippen molar-refractivity contribution in [3.8, 4) is 0 Å². The zero-order valence-electron chi connectivity index (χ0n) is 10.6. The van der Waals surface area contributed by atoms with Crippen LogP contribution in [0.2, 0.25) is 0 Å². The van der Waals surface area contributed by atoms with Crippen LogP contribution >= 0.6 is 0 Å². The van der Waals surface area contributed by atoms with E-state index in [-0.39, 0.29) is 11.8 Å². The Hall–Kier alpha value is -1.06. The predicted octanol–water partition coefficient (Wildman–Crippen LogP) is 1.45. The summed E-state index contributed by atoms with van der Waals surface area (Å²) in [4.78, 5) is 26.2. The first kappa shape index (κ1) is 12.4. The summed E-state index contributed by atoms with van der Waals surface area (Å²) in [6.07, 6.45) is 6.32. The van der Waals surface area contributed by atoms with Gasteiger partial charge < -0.3 is 10.2 Å². The van der Waals surface area contributed by atoms with E-state index in [1.807, 2.05) is 4.90 Å². The van der Waals surface area contributed by atoms with Gasteiger partial charge in [0.05, 0.1) is 0 Å². The molecule has 2 amide bonds. The molecule has 2 rings (SSSR count). The number of carbonyl (C=O) groups is 2. The Kier molecular flexibility index (Phi) is 3.69. The van der Waals surface area contributed by atoms with Crippen LogP contribution in [0.1, 0.15) is 51.9 Å². The second-order valence-corrected chi connectivity index (χ2v) is 5.23. The highest BCUT2D eigenvalue weighted by Crippen LogP contribution is 2.31. The van der Waals surface area contributed by atoms with Gasteiger partial charge in [-0.15, -0.1) is 0 Å². The first-order valence-electron chi connectivity index (χ1n) is 6.78. The van der Waals surface area contributed by atoms with E-state index in [2.05, 4.69) is 12.2 Å². The lowest BCUT2D eigenvalue weighted by molar-refractivity contribution is -0.140. The maximum Gasteiger partial charge on any atom is 0.248 e. The SMILES string of the molecule is CCCN1CCC(=O)NC2(CCCCC2)C1=O. The van der Waals surface area contributed by atoms with Crippen LogP contribution in [0.5, 0.6) is 0 Å². The van der Waals surface area contributed by atoms with Crippen LogP contribution in [-0.2, 0) is 9.59 Å². The standard InChI is InChI=1S/C13H22N2O2/c1-2-9-15-10-6-11(16)14-13(12(15)17)7-4-3-5-8-13/h2-10H2,1H3,(H,14,16). The van der Waals surface area contributed by atoms with E-state index in [9.17, 15) is 9.59 Å². The first-order valence-corrected chi connectivity index (χ1v) is 6.78. The molecule has 2 fully saturated rings. The molecule has 1 aliphatic carbocycles. The molecule has 1 saturated carbocycles. The Morgan fingerprint density at radius 2 is 1.94 bits per heavy atom. The Balaban J connectivity index is 2.20. The number of hydrogen-bond donors (Lipinski definition) is 1. The number of nitrogens with zero attached hydrogens (tertiary/aromatic N) is 1. The molecule has 96 valence electrons. The van der Waals surface area contributed by atoms with Gasteiger partial charge in [-0.1, -0.05) is 26.2 Å². The van der Waals surface area contributed by atoms with Gasteiger partial charge in [-0.3, -0.25) is 9.59 Å². The summed E-state index contributed by atoms with van der Waals surface area (Å²) in [5.74, 6) is 0.198. The third-order valence-corrected chi connectivity index (χ3v) is 3.88. The molecule has 17 heavy (non-hydrogen) atoms. The molecule has 0 aromatic heterocycles. The van der Waals surface area contributed by atoms with Crippen molar-refractivity contribution in [2.75, 3.05) is 13.1 Å². The molecule has 1 spiro atoms. The second-order valence-electron chi connectivity index (χ2n) is 5.23. The summed E-state index contributed by atoms with van der Waals surface area (Å²) >= 11 is 0. The van der Waals surface area contributed by atoms with E-state index in [1.165, 1.54) is 6.42 Å². The smallest absolute Gasteiger partial charge is 0.248 e. The van der Waals surface area contributed by atoms with Crippen LogP contribution in [0.3, 0.4) is 0 Å². The lowest BCUT2D eigenvalue weighted by Crippen LogP contribution is -2.58. The first-order chi connectivity index (χ1) is 8.18. The van der Waals surface area contributed by atoms with Crippen LogP contribution < -0.4 is 5.32 Å². The Morgan fingerprint density at radius 1 is 1.24 bits per heavy atom. The van der Waals surface area contributed by atoms with E-state index in [1.54, 1.807) is 0 Å². The molecule has 1 saturated heterocycles. The summed E-state index contributed by atoms with van der Waals surface area (Å²) in [6.45, 7) is 3.43. The summed E-state index contributed by atoms with van der Waals surface area (Å²) < 4.78 is 0. The van der Waals surface area contributed by atoms with Crippen molar-refractivity contribution < 1.29 is 9.59 Å². The molecule has 4 nitrogen and oxygen atoms in total. The monoisotopic (exact) mass is 238 g/mol. The van der Waals surface area contributed by atoms with Gasteiger partial charge in [0.2, 0.25) is 11.8 Å². The largest absolute Gasteiger partial charge is 0.342 e. The van der Waals surface area contributed by atoms with Gasteiger partial charge >= 0.3 is 0 Å². The normalized spacial score (nSPS) is 24.6. The van der Waals surface area contributed by atoms with E-state index in [4.69, 9.17) is 0 Å². The summed E-state index contributed by atoms with van der Waals surface area (Å²) in [5, 5.41) is 3.00. The van der Waals surface area contributed by atoms with Gasteiger partial charge in [-0.25, -0.2) is 0 Å². The molecule has 0 radical (unpaired) electrons. The van der Waals surface area contributed by atoms with Gasteiger partial charge in [0.1, 0.15) is 5.54 Å². The topological polar surface area (TPSA) is 49.4 Å². The van der Waals surface area contributed by atoms with E-state index >= 15 is 0 Å². The van der Waals surface area contributed by atoms with Gasteiger partial charge in [0.15, 0.2) is 0 Å². The molecule has 0 atom stereocenters. The third kappa shape index (κ3) is 2.45. The quantitative estimate of drug-likeness (QED) is 0.791. The molecule has 0 bridgehead atoms. The van der Waals surface area contributed by atoms with Gasteiger partial charge in [0.25, 0.3) is 0 Å². The van der Waals surface area contributed by atoms with Crippen molar-refractivity contribution in [1.29, 1.82) is 0 Å². The number of carbonyl (C=O) groups excluding carboxylic acids is 2. The molecular weight excluding hydrogens is 216 g/mol. The molecule has 2 aliphatic rings. The van der Waals surface area contributed by atoms with Crippen molar-refractivity contribution >= 4 is 11.8 Å². The summed E-state index contributed by atoms with van der Waals surface area (Å²) in [5.41, 5.74) is -0.568. The van der Waals surface area contributed by atoms with Crippen molar-refractivity contribution in [2.45, 2.75) is 57.4 Å². The van der Waals surface area contributed by atoms with E-state index in [0.29, 0.717) is 13.0 Å². The minimum atomic E-state index is -0.568. The number of rotatable bonds is 2. The number of amides is 2. The van der Waals surface area contributed by atoms with Crippen LogP contribution in [0.15, 0.2) is 0 Å². The fourth-order valence-corrected chi connectivity index (χ4v) is 3.00. The number of nitrogens with one attached hydrogen (secondary N) is 1. The Morgan fingerprint density at radius 3 is 2.59 bits per heavy atom. The minimum absolute atomic E-state index is 0.0406. The molecule has 0 unspecified atom stereocenters. The zero-order valence-corrected chi connectivity index (χ0v) is 10.6. The lowest BCUT2D eigenvalue weighted by atomic mass is 9.80. The summed E-state index contributed by atoms with van der Waals surface area (Å²) in [7, 11) is 0. The number of hydrogen-bond acceptors (Lipinski definition) is 2. The predicted molar refractivity (Wildman–Crippen MR) is 65.4 cm³/mol. The fourth-order valence-electron chi connectivity index (χ4n) is 3.00. The van der Waals surface area contributed by atoms with Gasteiger partial charge in [0, 0.05) is 19.5 Å². The fraction of sp³-hybridized carbons (Fsp3) is 0.846.